The maximum Gasteiger partial charge on any atom is 0.381 e. The molecule has 0 spiro atoms. The van der Waals surface area contributed by atoms with Crippen molar-refractivity contribution in [1.29, 1.82) is 0 Å². The molecule has 0 aliphatic carbocycles. The van der Waals surface area contributed by atoms with Crippen LogP contribution >= 0.6 is 0 Å². The Morgan fingerprint density at radius 1 is 1.60 bits per heavy atom. The zero-order valence-corrected chi connectivity index (χ0v) is 11.9. The highest BCUT2D eigenvalue weighted by Gasteiger charge is 2.28. The highest BCUT2D eigenvalue weighted by molar-refractivity contribution is 5.76. The van der Waals surface area contributed by atoms with Crippen LogP contribution in [0.3, 0.4) is 0 Å². The van der Waals surface area contributed by atoms with Crippen LogP contribution in [0.4, 0.5) is 5.82 Å². The predicted molar refractivity (Wildman–Crippen MR) is 72.3 cm³/mol. The number of nitrogens with zero attached hydrogens (tertiary/aromatic N) is 4. The van der Waals surface area contributed by atoms with Gasteiger partial charge in [-0.25, -0.2) is 0 Å². The molecule has 0 radical (unpaired) electrons. The number of hydrogen-bond donors (Lipinski definition) is 1. The molecule has 8 heteroatoms. The first-order valence-electron chi connectivity index (χ1n) is 6.61. The maximum absolute atomic E-state index is 12.3. The zero-order chi connectivity index (χ0) is 14.9. The molecule has 1 aromatic rings. The molecule has 110 valence electrons. The van der Waals surface area contributed by atoms with E-state index in [1.807, 2.05) is 18.7 Å². The van der Waals surface area contributed by atoms with E-state index in [2.05, 4.69) is 10.3 Å². The summed E-state index contributed by atoms with van der Waals surface area (Å²) in [5.74, 6) is 0.208. The lowest BCUT2D eigenvalue weighted by molar-refractivity contribution is -0.389. The van der Waals surface area contributed by atoms with Gasteiger partial charge in [-0.1, -0.05) is 0 Å². The molecule has 2 rings (SSSR count). The van der Waals surface area contributed by atoms with Crippen LogP contribution in [0.25, 0.3) is 0 Å². The van der Waals surface area contributed by atoms with Crippen molar-refractivity contribution in [2.45, 2.75) is 39.4 Å². The molecule has 2 heterocycles. The van der Waals surface area contributed by atoms with Gasteiger partial charge in [-0.2, -0.15) is 0 Å². The quantitative estimate of drug-likeness (QED) is 0.635. The van der Waals surface area contributed by atoms with Crippen molar-refractivity contribution in [1.82, 2.24) is 19.8 Å². The summed E-state index contributed by atoms with van der Waals surface area (Å²) in [4.78, 5) is 28.1. The van der Waals surface area contributed by atoms with Gasteiger partial charge in [0.05, 0.1) is 0 Å². The van der Waals surface area contributed by atoms with Gasteiger partial charge in [0, 0.05) is 32.1 Å². The fraction of sp³-hybridized carbons (Fsp3) is 0.667. The second-order valence-electron chi connectivity index (χ2n) is 5.10. The molecule has 2 unspecified atom stereocenters. The van der Waals surface area contributed by atoms with E-state index in [-0.39, 0.29) is 30.4 Å². The van der Waals surface area contributed by atoms with Crippen molar-refractivity contribution in [2.75, 3.05) is 13.1 Å². The molecule has 0 saturated carbocycles. The molecule has 1 amide bonds. The first-order valence-corrected chi connectivity index (χ1v) is 6.61. The molecule has 8 nitrogen and oxygen atoms in total. The molecule has 1 N–H and O–H groups in total. The number of piperazine rings is 1. The number of imidazole rings is 1. The van der Waals surface area contributed by atoms with Gasteiger partial charge in [-0.05, 0) is 23.8 Å². The summed E-state index contributed by atoms with van der Waals surface area (Å²) >= 11 is 0. The summed E-state index contributed by atoms with van der Waals surface area (Å²) in [7, 11) is 0. The topological polar surface area (TPSA) is 93.3 Å². The van der Waals surface area contributed by atoms with Crippen molar-refractivity contribution < 1.29 is 9.72 Å². The average Bonchev–Trinajstić information content (AvgIpc) is 2.74. The third-order valence-corrected chi connectivity index (χ3v) is 3.81. The van der Waals surface area contributed by atoms with Crippen molar-refractivity contribution in [3.05, 3.63) is 22.1 Å². The van der Waals surface area contributed by atoms with E-state index in [0.29, 0.717) is 12.4 Å². The summed E-state index contributed by atoms with van der Waals surface area (Å²) in [5.41, 5.74) is 0. The minimum Gasteiger partial charge on any atom is -0.358 e. The number of hydrogen-bond acceptors (Lipinski definition) is 5. The first-order chi connectivity index (χ1) is 9.40. The number of aryl methyl sites for hydroxylation is 1. The fourth-order valence-electron chi connectivity index (χ4n) is 2.38. The normalized spacial score (nSPS) is 22.9. The number of carbonyl (C=O) groups excluding carboxylic acids is 1. The summed E-state index contributed by atoms with van der Waals surface area (Å²) < 4.78 is 1.53. The zero-order valence-electron chi connectivity index (χ0n) is 11.9. The number of amides is 1. The number of rotatable bonds is 3. The lowest BCUT2D eigenvalue weighted by Crippen LogP contribution is -2.57. The van der Waals surface area contributed by atoms with Gasteiger partial charge in [0.25, 0.3) is 0 Å². The predicted octanol–water partition coefficient (Wildman–Crippen LogP) is 0.309. The average molecular weight is 281 g/mol. The molecule has 1 fully saturated rings. The van der Waals surface area contributed by atoms with Gasteiger partial charge < -0.3 is 20.3 Å². The van der Waals surface area contributed by atoms with Crippen molar-refractivity contribution in [3.8, 4) is 0 Å². The molecular formula is C12H19N5O3. The lowest BCUT2D eigenvalue weighted by Gasteiger charge is -2.38. The Hall–Kier alpha value is -1.96. The van der Waals surface area contributed by atoms with Gasteiger partial charge in [-0.3, -0.25) is 9.36 Å². The number of carbonyl (C=O) groups is 1. The number of nitro groups is 1. The highest BCUT2D eigenvalue weighted by atomic mass is 16.6. The van der Waals surface area contributed by atoms with Gasteiger partial charge in [-0.15, -0.1) is 0 Å². The summed E-state index contributed by atoms with van der Waals surface area (Å²) in [6.07, 6.45) is 1.31. The SMILES string of the molecule is Cc1nc([N+](=O)[O-])cn1CC(=O)N1CCNC(C)C1C. The van der Waals surface area contributed by atoms with Crippen LogP contribution in [0.15, 0.2) is 6.20 Å². The summed E-state index contributed by atoms with van der Waals surface area (Å²) in [5, 5.41) is 14.0. The van der Waals surface area contributed by atoms with Gasteiger partial charge in [0.15, 0.2) is 0 Å². The van der Waals surface area contributed by atoms with Crippen LogP contribution in [-0.2, 0) is 11.3 Å². The van der Waals surface area contributed by atoms with Crippen LogP contribution in [0.5, 0.6) is 0 Å². The summed E-state index contributed by atoms with van der Waals surface area (Å²) in [6.45, 7) is 7.20. The van der Waals surface area contributed by atoms with Crippen LogP contribution in [-0.4, -0.2) is 50.5 Å². The number of nitrogens with one attached hydrogen (secondary N) is 1. The Morgan fingerprint density at radius 3 is 2.90 bits per heavy atom. The third kappa shape index (κ3) is 2.79. The smallest absolute Gasteiger partial charge is 0.358 e. The molecule has 0 aromatic carbocycles. The monoisotopic (exact) mass is 281 g/mol. The molecule has 1 aliphatic rings. The van der Waals surface area contributed by atoms with Crippen molar-refractivity contribution in [2.24, 2.45) is 0 Å². The Balaban J connectivity index is 2.09. The van der Waals surface area contributed by atoms with E-state index in [9.17, 15) is 14.9 Å². The van der Waals surface area contributed by atoms with Crippen molar-refractivity contribution >= 4 is 11.7 Å². The lowest BCUT2D eigenvalue weighted by atomic mass is 10.1. The Bertz CT molecular complexity index is 527. The third-order valence-electron chi connectivity index (χ3n) is 3.81. The van der Waals surface area contributed by atoms with E-state index in [1.54, 1.807) is 6.92 Å². The van der Waals surface area contributed by atoms with Crippen LogP contribution in [0.2, 0.25) is 0 Å². The minimum atomic E-state index is -0.552. The van der Waals surface area contributed by atoms with E-state index in [4.69, 9.17) is 0 Å². The molecule has 1 saturated heterocycles. The Morgan fingerprint density at radius 2 is 2.30 bits per heavy atom. The standard InChI is InChI=1S/C12H19N5O3/c1-8-9(2)16(5-4-13-8)12(18)7-15-6-11(17(19)20)14-10(15)3/h6,8-9,13H,4-5,7H2,1-3H3. The fourth-order valence-corrected chi connectivity index (χ4v) is 2.38. The molecule has 2 atom stereocenters. The minimum absolute atomic E-state index is 0.0405. The molecule has 1 aromatic heterocycles. The van der Waals surface area contributed by atoms with E-state index >= 15 is 0 Å². The molecule has 20 heavy (non-hydrogen) atoms. The maximum atomic E-state index is 12.3. The van der Waals surface area contributed by atoms with Crippen molar-refractivity contribution in [3.63, 3.8) is 0 Å². The Labute approximate surface area is 116 Å². The van der Waals surface area contributed by atoms with Crippen LogP contribution < -0.4 is 5.32 Å². The first kappa shape index (κ1) is 14.4. The van der Waals surface area contributed by atoms with Crippen LogP contribution in [0, 0.1) is 17.0 Å². The van der Waals surface area contributed by atoms with Gasteiger partial charge in [0.1, 0.15) is 12.7 Å². The largest absolute Gasteiger partial charge is 0.381 e. The highest BCUT2D eigenvalue weighted by Crippen LogP contribution is 2.13. The van der Waals surface area contributed by atoms with E-state index in [0.717, 1.165) is 6.54 Å². The molecular weight excluding hydrogens is 262 g/mol. The summed E-state index contributed by atoms with van der Waals surface area (Å²) in [6, 6.07) is 0.348. The molecule has 0 bridgehead atoms. The van der Waals surface area contributed by atoms with Gasteiger partial charge >= 0.3 is 5.82 Å². The van der Waals surface area contributed by atoms with E-state index < -0.39 is 4.92 Å². The number of aromatic nitrogens is 2. The molecule has 1 aliphatic heterocycles. The second kappa shape index (κ2) is 5.58. The second-order valence-corrected chi connectivity index (χ2v) is 5.10. The Kier molecular flexibility index (Phi) is 4.03. The van der Waals surface area contributed by atoms with E-state index in [1.165, 1.54) is 10.8 Å². The van der Waals surface area contributed by atoms with Crippen LogP contribution in [0.1, 0.15) is 19.7 Å². The van der Waals surface area contributed by atoms with Gasteiger partial charge in [0.2, 0.25) is 11.7 Å².